The summed E-state index contributed by atoms with van der Waals surface area (Å²) < 4.78 is 1.51. The van der Waals surface area contributed by atoms with Crippen LogP contribution >= 0.6 is 11.3 Å². The van der Waals surface area contributed by atoms with E-state index >= 15 is 0 Å². The average Bonchev–Trinajstić information content (AvgIpc) is 3.19. The minimum atomic E-state index is -0.111. The molecule has 1 N–H and O–H groups in total. The van der Waals surface area contributed by atoms with Crippen LogP contribution in [0.5, 0.6) is 0 Å². The van der Waals surface area contributed by atoms with Crippen LogP contribution in [0, 0.1) is 12.8 Å². The summed E-state index contributed by atoms with van der Waals surface area (Å²) in [6.07, 6.45) is 3.43. The van der Waals surface area contributed by atoms with Gasteiger partial charge in [0.2, 0.25) is 5.91 Å². The summed E-state index contributed by atoms with van der Waals surface area (Å²) >= 11 is 1.41. The van der Waals surface area contributed by atoms with Gasteiger partial charge in [0.05, 0.1) is 23.7 Å². The zero-order valence-electron chi connectivity index (χ0n) is 15.1. The molecule has 0 radical (unpaired) electrons. The number of thiazole rings is 1. The molecule has 1 saturated heterocycles. The number of nitrogens with zero attached hydrogens (tertiary/aromatic N) is 4. The number of anilines is 1. The minimum Gasteiger partial charge on any atom is -0.302 e. The number of aromatic nitrogens is 3. The maximum atomic E-state index is 12.8. The van der Waals surface area contributed by atoms with Crippen molar-refractivity contribution in [1.29, 1.82) is 0 Å². The molecule has 1 unspecified atom stereocenters. The maximum Gasteiger partial charge on any atom is 0.275 e. The number of likely N-dealkylation sites (tertiary alicyclic amines) is 1. The van der Waals surface area contributed by atoms with Gasteiger partial charge in [0.1, 0.15) is 0 Å². The van der Waals surface area contributed by atoms with Crippen LogP contribution in [-0.4, -0.2) is 38.7 Å². The molecule has 3 aromatic rings. The Morgan fingerprint density at radius 1 is 1.33 bits per heavy atom. The van der Waals surface area contributed by atoms with Crippen LogP contribution in [0.3, 0.4) is 0 Å². The molecule has 0 saturated carbocycles. The van der Waals surface area contributed by atoms with Crippen LogP contribution in [-0.2, 0) is 11.5 Å². The van der Waals surface area contributed by atoms with Crippen molar-refractivity contribution in [3.63, 3.8) is 0 Å². The molecule has 1 aromatic carbocycles. The van der Waals surface area contributed by atoms with E-state index < -0.39 is 0 Å². The highest BCUT2D eigenvalue weighted by Gasteiger charge is 2.26. The van der Waals surface area contributed by atoms with Crippen LogP contribution in [0.2, 0.25) is 0 Å². The second-order valence-electron chi connectivity index (χ2n) is 6.82. The molecule has 1 fully saturated rings. The fourth-order valence-electron chi connectivity index (χ4n) is 3.58. The molecule has 8 heteroatoms. The van der Waals surface area contributed by atoms with E-state index in [0.717, 1.165) is 30.5 Å². The molecule has 0 spiro atoms. The summed E-state index contributed by atoms with van der Waals surface area (Å²) in [4.78, 5) is 31.5. The fourth-order valence-corrected chi connectivity index (χ4v) is 4.11. The molecule has 140 valence electrons. The summed E-state index contributed by atoms with van der Waals surface area (Å²) in [6.45, 7) is 3.77. The van der Waals surface area contributed by atoms with E-state index in [4.69, 9.17) is 0 Å². The molecule has 4 rings (SSSR count). The molecule has 27 heavy (non-hydrogen) atoms. The summed E-state index contributed by atoms with van der Waals surface area (Å²) in [5, 5.41) is 11.4. The second-order valence-corrected chi connectivity index (χ2v) is 7.71. The number of hydrogen-bond acceptors (Lipinski definition) is 6. The third-order valence-electron chi connectivity index (χ3n) is 4.93. The number of carbonyl (C=O) groups is 1. The van der Waals surface area contributed by atoms with Crippen molar-refractivity contribution in [2.75, 3.05) is 18.4 Å². The van der Waals surface area contributed by atoms with Crippen LogP contribution in [0.15, 0.2) is 40.6 Å². The summed E-state index contributed by atoms with van der Waals surface area (Å²) in [7, 11) is 0. The van der Waals surface area contributed by atoms with E-state index in [1.54, 1.807) is 6.20 Å². The zero-order valence-corrected chi connectivity index (χ0v) is 15.9. The Hall–Kier alpha value is -2.58. The summed E-state index contributed by atoms with van der Waals surface area (Å²) in [5.74, 6) is -0.121. The van der Waals surface area contributed by atoms with Crippen molar-refractivity contribution in [3.05, 3.63) is 51.9 Å². The number of benzene rings is 1. The van der Waals surface area contributed by atoms with E-state index in [1.807, 2.05) is 36.6 Å². The predicted octanol–water partition coefficient (Wildman–Crippen LogP) is 2.47. The van der Waals surface area contributed by atoms with E-state index in [-0.39, 0.29) is 17.4 Å². The van der Waals surface area contributed by atoms with Gasteiger partial charge in [-0.15, -0.1) is 11.3 Å². The summed E-state index contributed by atoms with van der Waals surface area (Å²) in [5.41, 5.74) is 0.742. The highest BCUT2D eigenvalue weighted by Crippen LogP contribution is 2.20. The number of aryl methyl sites for hydroxylation is 1. The SMILES string of the molecule is Cc1nn(CN2CCCC(C(=O)Nc3nccs3)C2)c(=O)c2ccccc12. The van der Waals surface area contributed by atoms with Crippen LogP contribution in [0.25, 0.3) is 10.8 Å². The van der Waals surface area contributed by atoms with Crippen molar-refractivity contribution in [1.82, 2.24) is 19.7 Å². The van der Waals surface area contributed by atoms with E-state index in [9.17, 15) is 9.59 Å². The topological polar surface area (TPSA) is 80.1 Å². The zero-order chi connectivity index (χ0) is 18.8. The Bertz CT molecular complexity index is 1010. The number of piperidine rings is 1. The Kier molecular flexibility index (Phi) is 5.00. The highest BCUT2D eigenvalue weighted by molar-refractivity contribution is 7.13. The molecule has 3 heterocycles. The molecule has 1 aliphatic heterocycles. The number of fused-ring (bicyclic) bond motifs is 1. The maximum absolute atomic E-state index is 12.8. The molecule has 1 aliphatic rings. The van der Waals surface area contributed by atoms with Crippen molar-refractivity contribution >= 4 is 33.1 Å². The first-order chi connectivity index (χ1) is 13.1. The molecule has 0 aliphatic carbocycles. The quantitative estimate of drug-likeness (QED) is 0.749. The van der Waals surface area contributed by atoms with Gasteiger partial charge in [0.15, 0.2) is 5.13 Å². The third-order valence-corrected chi connectivity index (χ3v) is 5.61. The minimum absolute atomic E-state index is 0.00959. The van der Waals surface area contributed by atoms with E-state index in [1.165, 1.54) is 16.0 Å². The van der Waals surface area contributed by atoms with Gasteiger partial charge in [-0.05, 0) is 32.4 Å². The van der Waals surface area contributed by atoms with Gasteiger partial charge >= 0.3 is 0 Å². The number of rotatable bonds is 4. The first-order valence-electron chi connectivity index (χ1n) is 9.01. The Morgan fingerprint density at radius 2 is 2.15 bits per heavy atom. The number of nitrogens with one attached hydrogen (secondary N) is 1. The standard InChI is InChI=1S/C19H21N5O2S/c1-13-15-6-2-3-7-16(15)18(26)24(22-13)12-23-9-4-5-14(11-23)17(25)21-19-20-8-10-27-19/h2-3,6-8,10,14H,4-5,9,11-12H2,1H3,(H,20,21,25). The molecule has 2 aromatic heterocycles. The van der Waals surface area contributed by atoms with Gasteiger partial charge in [-0.3, -0.25) is 14.5 Å². The van der Waals surface area contributed by atoms with Crippen LogP contribution in [0.1, 0.15) is 18.5 Å². The first kappa shape index (κ1) is 17.8. The van der Waals surface area contributed by atoms with Gasteiger partial charge in [-0.2, -0.15) is 5.10 Å². The lowest BCUT2D eigenvalue weighted by Crippen LogP contribution is -2.43. The van der Waals surface area contributed by atoms with Gasteiger partial charge in [-0.1, -0.05) is 18.2 Å². The van der Waals surface area contributed by atoms with Crippen LogP contribution in [0.4, 0.5) is 5.13 Å². The largest absolute Gasteiger partial charge is 0.302 e. The van der Waals surface area contributed by atoms with Gasteiger partial charge in [-0.25, -0.2) is 9.67 Å². The Labute approximate surface area is 160 Å². The van der Waals surface area contributed by atoms with Crippen molar-refractivity contribution < 1.29 is 4.79 Å². The predicted molar refractivity (Wildman–Crippen MR) is 106 cm³/mol. The third kappa shape index (κ3) is 3.77. The smallest absolute Gasteiger partial charge is 0.275 e. The van der Waals surface area contributed by atoms with Crippen molar-refractivity contribution in [3.8, 4) is 0 Å². The Morgan fingerprint density at radius 3 is 2.93 bits per heavy atom. The van der Waals surface area contributed by atoms with Crippen molar-refractivity contribution in [2.24, 2.45) is 5.92 Å². The Balaban J connectivity index is 1.49. The molecular weight excluding hydrogens is 362 g/mol. The lowest BCUT2D eigenvalue weighted by Gasteiger charge is -2.31. The lowest BCUT2D eigenvalue weighted by molar-refractivity contribution is -0.121. The number of amides is 1. The van der Waals surface area contributed by atoms with E-state index in [0.29, 0.717) is 23.7 Å². The molecular formula is C19H21N5O2S. The fraction of sp³-hybridized carbons (Fsp3) is 0.368. The van der Waals surface area contributed by atoms with E-state index in [2.05, 4.69) is 20.3 Å². The monoisotopic (exact) mass is 383 g/mol. The number of hydrogen-bond donors (Lipinski definition) is 1. The average molecular weight is 383 g/mol. The summed E-state index contributed by atoms with van der Waals surface area (Å²) in [6, 6.07) is 7.54. The second kappa shape index (κ2) is 7.58. The van der Waals surface area contributed by atoms with Gasteiger partial charge in [0.25, 0.3) is 5.56 Å². The molecule has 1 atom stereocenters. The first-order valence-corrected chi connectivity index (χ1v) is 9.89. The highest BCUT2D eigenvalue weighted by atomic mass is 32.1. The van der Waals surface area contributed by atoms with Gasteiger partial charge < -0.3 is 5.32 Å². The molecule has 1 amide bonds. The molecule has 0 bridgehead atoms. The van der Waals surface area contributed by atoms with Crippen molar-refractivity contribution in [2.45, 2.75) is 26.4 Å². The normalized spacial score (nSPS) is 17.9. The number of carbonyl (C=O) groups excluding carboxylic acids is 1. The molecule has 7 nitrogen and oxygen atoms in total. The van der Waals surface area contributed by atoms with Crippen LogP contribution < -0.4 is 10.9 Å². The van der Waals surface area contributed by atoms with Gasteiger partial charge in [0, 0.05) is 23.5 Å². The lowest BCUT2D eigenvalue weighted by atomic mass is 9.97.